The standard InChI is InChI=1S/C17H26N4OS/c1-2-15-18-17(23-19-15)21-7-3-6-20(8-9-21)16(22)14-11-12-4-5-13(14)10-12/h12-14H,2-11H2,1H3/t12-,13-,14-/m0/s1. The van der Waals surface area contributed by atoms with Gasteiger partial charge in [-0.2, -0.15) is 4.37 Å². The Hall–Kier alpha value is -1.17. The molecule has 5 nitrogen and oxygen atoms in total. The summed E-state index contributed by atoms with van der Waals surface area (Å²) in [6, 6.07) is 0. The molecule has 1 aliphatic heterocycles. The highest BCUT2D eigenvalue weighted by molar-refractivity contribution is 7.09. The summed E-state index contributed by atoms with van der Waals surface area (Å²) in [5.74, 6) is 3.22. The topological polar surface area (TPSA) is 49.3 Å². The fraction of sp³-hybridized carbons (Fsp3) is 0.824. The van der Waals surface area contributed by atoms with Gasteiger partial charge >= 0.3 is 0 Å². The summed E-state index contributed by atoms with van der Waals surface area (Å²) >= 11 is 1.50. The van der Waals surface area contributed by atoms with Gasteiger partial charge in [0.25, 0.3) is 0 Å². The molecule has 0 unspecified atom stereocenters. The van der Waals surface area contributed by atoms with E-state index >= 15 is 0 Å². The second kappa shape index (κ2) is 6.38. The van der Waals surface area contributed by atoms with Crippen molar-refractivity contribution < 1.29 is 4.79 Å². The molecule has 1 aromatic heterocycles. The molecule has 2 heterocycles. The number of nitrogens with zero attached hydrogens (tertiary/aromatic N) is 4. The first-order valence-electron chi connectivity index (χ1n) is 9.11. The van der Waals surface area contributed by atoms with E-state index in [1.807, 2.05) is 0 Å². The quantitative estimate of drug-likeness (QED) is 0.852. The van der Waals surface area contributed by atoms with Crippen LogP contribution in [0.15, 0.2) is 0 Å². The summed E-state index contributed by atoms with van der Waals surface area (Å²) in [5, 5.41) is 1.02. The van der Waals surface area contributed by atoms with Crippen LogP contribution in [-0.2, 0) is 11.2 Å². The second-order valence-corrected chi connectivity index (χ2v) is 8.02. The van der Waals surface area contributed by atoms with E-state index in [0.29, 0.717) is 17.7 Å². The summed E-state index contributed by atoms with van der Waals surface area (Å²) in [7, 11) is 0. The van der Waals surface area contributed by atoms with Crippen molar-refractivity contribution in [3.8, 4) is 0 Å². The van der Waals surface area contributed by atoms with Gasteiger partial charge in [-0.05, 0) is 37.5 Å². The van der Waals surface area contributed by atoms with Crippen molar-refractivity contribution in [1.82, 2.24) is 14.3 Å². The Morgan fingerprint density at radius 2 is 2.13 bits per heavy atom. The molecule has 2 aliphatic carbocycles. The van der Waals surface area contributed by atoms with Crippen molar-refractivity contribution in [2.24, 2.45) is 17.8 Å². The van der Waals surface area contributed by atoms with E-state index in [0.717, 1.165) is 62.3 Å². The van der Waals surface area contributed by atoms with E-state index in [9.17, 15) is 4.79 Å². The molecule has 2 saturated carbocycles. The minimum Gasteiger partial charge on any atom is -0.345 e. The largest absolute Gasteiger partial charge is 0.345 e. The highest BCUT2D eigenvalue weighted by Gasteiger charge is 2.44. The second-order valence-electron chi connectivity index (χ2n) is 7.29. The minimum atomic E-state index is 0.327. The van der Waals surface area contributed by atoms with Crippen LogP contribution in [0, 0.1) is 17.8 Å². The molecule has 0 N–H and O–H groups in total. The SMILES string of the molecule is CCc1nsc(N2CCCN(C(=O)[C@H]3C[C@H]4CC[C@H]3C4)CC2)n1. The van der Waals surface area contributed by atoms with Crippen LogP contribution in [0.5, 0.6) is 0 Å². The van der Waals surface area contributed by atoms with E-state index in [1.54, 1.807) is 0 Å². The predicted octanol–water partition coefficient (Wildman–Crippen LogP) is 2.58. The number of hydrogen-bond acceptors (Lipinski definition) is 5. The van der Waals surface area contributed by atoms with Gasteiger partial charge < -0.3 is 9.80 Å². The summed E-state index contributed by atoms with van der Waals surface area (Å²) in [4.78, 5) is 22.0. The minimum absolute atomic E-state index is 0.327. The number of anilines is 1. The molecular weight excluding hydrogens is 308 g/mol. The number of rotatable bonds is 3. The van der Waals surface area contributed by atoms with Crippen molar-refractivity contribution in [2.45, 2.75) is 45.4 Å². The van der Waals surface area contributed by atoms with Gasteiger partial charge in [-0.15, -0.1) is 0 Å². The van der Waals surface area contributed by atoms with Gasteiger partial charge in [-0.25, -0.2) is 4.98 Å². The van der Waals surface area contributed by atoms with Crippen molar-refractivity contribution in [3.63, 3.8) is 0 Å². The van der Waals surface area contributed by atoms with Gasteiger partial charge in [0.05, 0.1) is 0 Å². The molecule has 1 saturated heterocycles. The Kier molecular flexibility index (Phi) is 4.26. The molecule has 1 amide bonds. The average Bonchev–Trinajstić information content (AvgIpc) is 3.27. The van der Waals surface area contributed by atoms with Crippen LogP contribution in [0.2, 0.25) is 0 Å². The van der Waals surface area contributed by atoms with Crippen molar-refractivity contribution >= 4 is 22.6 Å². The van der Waals surface area contributed by atoms with Crippen LogP contribution in [-0.4, -0.2) is 46.3 Å². The molecular formula is C17H26N4OS. The zero-order valence-corrected chi connectivity index (χ0v) is 14.7. The van der Waals surface area contributed by atoms with E-state index in [2.05, 4.69) is 26.1 Å². The molecule has 3 atom stereocenters. The molecule has 126 valence electrons. The van der Waals surface area contributed by atoms with Crippen LogP contribution < -0.4 is 4.90 Å². The van der Waals surface area contributed by atoms with Crippen LogP contribution in [0.3, 0.4) is 0 Å². The van der Waals surface area contributed by atoms with Crippen molar-refractivity contribution in [2.75, 3.05) is 31.1 Å². The number of amides is 1. The lowest BCUT2D eigenvalue weighted by Gasteiger charge is -2.28. The number of carbonyl (C=O) groups is 1. The highest BCUT2D eigenvalue weighted by Crippen LogP contribution is 2.48. The third-order valence-electron chi connectivity index (χ3n) is 5.91. The first-order valence-corrected chi connectivity index (χ1v) is 9.88. The van der Waals surface area contributed by atoms with E-state index in [1.165, 1.54) is 30.8 Å². The fourth-order valence-electron chi connectivity index (χ4n) is 4.63. The van der Waals surface area contributed by atoms with Crippen molar-refractivity contribution in [3.05, 3.63) is 5.82 Å². The molecule has 4 rings (SSSR count). The maximum Gasteiger partial charge on any atom is 0.226 e. The number of carbonyl (C=O) groups excluding carboxylic acids is 1. The third-order valence-corrected chi connectivity index (χ3v) is 6.72. The van der Waals surface area contributed by atoms with Gasteiger partial charge in [0.2, 0.25) is 11.0 Å². The van der Waals surface area contributed by atoms with Crippen LogP contribution in [0.4, 0.5) is 5.13 Å². The van der Waals surface area contributed by atoms with Gasteiger partial charge in [-0.3, -0.25) is 4.79 Å². The lowest BCUT2D eigenvalue weighted by molar-refractivity contribution is -0.137. The van der Waals surface area contributed by atoms with Crippen molar-refractivity contribution in [1.29, 1.82) is 0 Å². The third kappa shape index (κ3) is 2.97. The number of fused-ring (bicyclic) bond motifs is 2. The van der Waals surface area contributed by atoms with Crippen LogP contribution in [0.1, 0.15) is 44.9 Å². The molecule has 23 heavy (non-hydrogen) atoms. The molecule has 1 aromatic rings. The number of aryl methyl sites for hydroxylation is 1. The maximum absolute atomic E-state index is 12.9. The zero-order chi connectivity index (χ0) is 15.8. The van der Waals surface area contributed by atoms with Gasteiger partial charge in [-0.1, -0.05) is 13.3 Å². The molecule has 2 bridgehead atoms. The monoisotopic (exact) mass is 334 g/mol. The average molecular weight is 334 g/mol. The maximum atomic E-state index is 12.9. The summed E-state index contributed by atoms with van der Waals surface area (Å²) < 4.78 is 4.39. The Bertz CT molecular complexity index is 575. The zero-order valence-electron chi connectivity index (χ0n) is 13.9. The predicted molar refractivity (Wildman–Crippen MR) is 91.6 cm³/mol. The molecule has 3 aliphatic rings. The first kappa shape index (κ1) is 15.4. The lowest BCUT2D eigenvalue weighted by atomic mass is 9.87. The number of aromatic nitrogens is 2. The summed E-state index contributed by atoms with van der Waals surface area (Å²) in [6.45, 7) is 5.71. The van der Waals surface area contributed by atoms with Gasteiger partial charge in [0.15, 0.2) is 0 Å². The Balaban J connectivity index is 1.38. The molecule has 0 aromatic carbocycles. The lowest BCUT2D eigenvalue weighted by Crippen LogP contribution is -2.40. The van der Waals surface area contributed by atoms with Crippen LogP contribution >= 0.6 is 11.5 Å². The fourth-order valence-corrected chi connectivity index (χ4v) is 5.43. The molecule has 3 fully saturated rings. The van der Waals surface area contributed by atoms with Crippen LogP contribution in [0.25, 0.3) is 0 Å². The molecule has 0 spiro atoms. The Morgan fingerprint density at radius 1 is 1.22 bits per heavy atom. The van der Waals surface area contributed by atoms with Gasteiger partial charge in [0.1, 0.15) is 5.82 Å². The molecule has 6 heteroatoms. The van der Waals surface area contributed by atoms with E-state index in [4.69, 9.17) is 0 Å². The Labute approximate surface area is 142 Å². The highest BCUT2D eigenvalue weighted by atomic mass is 32.1. The van der Waals surface area contributed by atoms with E-state index in [-0.39, 0.29) is 0 Å². The normalized spacial score (nSPS) is 30.7. The summed E-state index contributed by atoms with van der Waals surface area (Å²) in [6.07, 6.45) is 7.03. The summed E-state index contributed by atoms with van der Waals surface area (Å²) in [5.41, 5.74) is 0. The van der Waals surface area contributed by atoms with E-state index < -0.39 is 0 Å². The smallest absolute Gasteiger partial charge is 0.226 e. The van der Waals surface area contributed by atoms with Gasteiger partial charge in [0, 0.05) is 50.1 Å². The number of hydrogen-bond donors (Lipinski definition) is 0. The Morgan fingerprint density at radius 3 is 2.83 bits per heavy atom. The first-order chi connectivity index (χ1) is 11.2. The molecule has 0 radical (unpaired) electrons.